The van der Waals surface area contributed by atoms with Gasteiger partial charge < -0.3 is 15.6 Å². The molecule has 2 aromatic rings. The van der Waals surface area contributed by atoms with Crippen LogP contribution in [-0.4, -0.2) is 10.5 Å². The summed E-state index contributed by atoms with van der Waals surface area (Å²) in [4.78, 5) is 24.2. The van der Waals surface area contributed by atoms with Gasteiger partial charge in [0.2, 0.25) is 5.91 Å². The Morgan fingerprint density at radius 1 is 1.18 bits per heavy atom. The zero-order valence-electron chi connectivity index (χ0n) is 12.9. The maximum atomic E-state index is 12.5. The number of rotatable bonds is 5. The van der Waals surface area contributed by atoms with E-state index in [1.807, 2.05) is 38.1 Å². The smallest absolute Gasteiger partial charge is 0.250 e. The highest BCUT2D eigenvalue weighted by Crippen LogP contribution is 2.20. The molecule has 5 nitrogen and oxygen atoms in total. The summed E-state index contributed by atoms with van der Waals surface area (Å²) in [5, 5.41) is 2.88. The Kier molecular flexibility index (Phi) is 4.78. The van der Waals surface area contributed by atoms with Gasteiger partial charge in [0, 0.05) is 31.0 Å². The molecule has 0 aliphatic rings. The van der Waals surface area contributed by atoms with Crippen LogP contribution in [0.1, 0.15) is 19.4 Å². The number of pyridine rings is 1. The molecule has 2 rings (SSSR count). The molecule has 0 radical (unpaired) electrons. The van der Waals surface area contributed by atoms with Gasteiger partial charge in [0.05, 0.1) is 5.41 Å². The molecule has 0 fully saturated rings. The quantitative estimate of drug-likeness (QED) is 0.886. The summed E-state index contributed by atoms with van der Waals surface area (Å²) in [6, 6.07) is 12.4. The number of hydrogen-bond acceptors (Lipinski definition) is 3. The summed E-state index contributed by atoms with van der Waals surface area (Å²) >= 11 is 0. The summed E-state index contributed by atoms with van der Waals surface area (Å²) in [7, 11) is 0. The first-order valence-electron chi connectivity index (χ1n) is 7.18. The first-order valence-corrected chi connectivity index (χ1v) is 7.18. The van der Waals surface area contributed by atoms with E-state index in [1.165, 1.54) is 10.6 Å². The van der Waals surface area contributed by atoms with E-state index < -0.39 is 5.41 Å². The molecule has 0 saturated heterocycles. The Labute approximate surface area is 129 Å². The van der Waals surface area contributed by atoms with Gasteiger partial charge in [-0.05, 0) is 37.6 Å². The molecular weight excluding hydrogens is 278 g/mol. The van der Waals surface area contributed by atoms with Crippen LogP contribution in [0.3, 0.4) is 0 Å². The Morgan fingerprint density at radius 2 is 1.86 bits per heavy atom. The van der Waals surface area contributed by atoms with Crippen molar-refractivity contribution in [1.29, 1.82) is 0 Å². The number of hydrogen-bond donors (Lipinski definition) is 2. The highest BCUT2D eigenvalue weighted by Gasteiger charge is 2.28. The van der Waals surface area contributed by atoms with Gasteiger partial charge in [-0.2, -0.15) is 0 Å². The number of nitrogens with two attached hydrogens (primary N) is 1. The Bertz CT molecular complexity index is 702. The van der Waals surface area contributed by atoms with E-state index in [-0.39, 0.29) is 11.5 Å². The van der Waals surface area contributed by atoms with Crippen molar-refractivity contribution in [3.05, 3.63) is 64.6 Å². The van der Waals surface area contributed by atoms with Crippen molar-refractivity contribution in [3.63, 3.8) is 0 Å². The molecule has 1 aromatic carbocycles. The molecule has 0 unspecified atom stereocenters. The fourth-order valence-electron chi connectivity index (χ4n) is 2.11. The average molecular weight is 299 g/mol. The van der Waals surface area contributed by atoms with Gasteiger partial charge in [-0.25, -0.2) is 0 Å². The molecule has 3 N–H and O–H groups in total. The van der Waals surface area contributed by atoms with Gasteiger partial charge in [0.15, 0.2) is 0 Å². The van der Waals surface area contributed by atoms with Crippen molar-refractivity contribution in [2.45, 2.75) is 26.9 Å². The maximum absolute atomic E-state index is 12.5. The first kappa shape index (κ1) is 16.0. The van der Waals surface area contributed by atoms with Crippen LogP contribution in [0, 0.1) is 5.41 Å². The number of nitrogens with one attached hydrogen (secondary N) is 1. The van der Waals surface area contributed by atoms with Crippen molar-refractivity contribution >= 4 is 11.6 Å². The van der Waals surface area contributed by atoms with E-state index in [1.54, 1.807) is 18.3 Å². The SMILES string of the molecule is CC(C)(Cn1ccccc1=O)C(=O)Nc1ccc(CN)cc1. The standard InChI is InChI=1S/C17H21N3O2/c1-17(2,12-20-10-4-3-5-15(20)21)16(22)19-14-8-6-13(11-18)7-9-14/h3-10H,11-12,18H2,1-2H3,(H,19,22). The predicted molar refractivity (Wildman–Crippen MR) is 87.4 cm³/mol. The lowest BCUT2D eigenvalue weighted by molar-refractivity contribution is -0.124. The highest BCUT2D eigenvalue weighted by atomic mass is 16.2. The maximum Gasteiger partial charge on any atom is 0.250 e. The number of benzene rings is 1. The van der Waals surface area contributed by atoms with Gasteiger partial charge in [0.1, 0.15) is 0 Å². The minimum absolute atomic E-state index is 0.115. The fraction of sp³-hybridized carbons (Fsp3) is 0.294. The second kappa shape index (κ2) is 6.58. The highest BCUT2D eigenvalue weighted by molar-refractivity contribution is 5.94. The summed E-state index contributed by atoms with van der Waals surface area (Å²) in [5.74, 6) is -0.135. The number of nitrogens with zero attached hydrogens (tertiary/aromatic N) is 1. The molecule has 0 spiro atoms. The lowest BCUT2D eigenvalue weighted by Crippen LogP contribution is -2.37. The molecule has 22 heavy (non-hydrogen) atoms. The van der Waals surface area contributed by atoms with Gasteiger partial charge in [0.25, 0.3) is 5.56 Å². The fourth-order valence-corrected chi connectivity index (χ4v) is 2.11. The van der Waals surface area contributed by atoms with E-state index in [0.29, 0.717) is 13.1 Å². The molecular formula is C17H21N3O2. The normalized spacial score (nSPS) is 11.2. The van der Waals surface area contributed by atoms with Crippen molar-refractivity contribution in [2.75, 3.05) is 5.32 Å². The molecule has 0 bridgehead atoms. The average Bonchev–Trinajstić information content (AvgIpc) is 2.50. The van der Waals surface area contributed by atoms with E-state index in [0.717, 1.165) is 11.3 Å². The zero-order valence-corrected chi connectivity index (χ0v) is 12.9. The van der Waals surface area contributed by atoms with Crippen LogP contribution in [-0.2, 0) is 17.9 Å². The van der Waals surface area contributed by atoms with Gasteiger partial charge in [-0.15, -0.1) is 0 Å². The van der Waals surface area contributed by atoms with Crippen molar-refractivity contribution in [3.8, 4) is 0 Å². The van der Waals surface area contributed by atoms with Gasteiger partial charge in [-0.1, -0.05) is 18.2 Å². The molecule has 0 aliphatic heterocycles. The molecule has 1 aromatic heterocycles. The zero-order chi connectivity index (χ0) is 16.2. The number of amides is 1. The molecule has 0 atom stereocenters. The summed E-state index contributed by atoms with van der Waals surface area (Å²) in [6.45, 7) is 4.42. The largest absolute Gasteiger partial charge is 0.326 e. The molecule has 1 amide bonds. The monoisotopic (exact) mass is 299 g/mol. The van der Waals surface area contributed by atoms with Crippen LogP contribution in [0.4, 0.5) is 5.69 Å². The lowest BCUT2D eigenvalue weighted by atomic mass is 9.92. The van der Waals surface area contributed by atoms with Crippen molar-refractivity contribution in [2.24, 2.45) is 11.1 Å². The van der Waals surface area contributed by atoms with Crippen LogP contribution in [0.5, 0.6) is 0 Å². The van der Waals surface area contributed by atoms with Crippen LogP contribution in [0.25, 0.3) is 0 Å². The summed E-state index contributed by atoms with van der Waals surface area (Å²) in [6.07, 6.45) is 1.69. The van der Waals surface area contributed by atoms with E-state index >= 15 is 0 Å². The van der Waals surface area contributed by atoms with Crippen LogP contribution in [0.2, 0.25) is 0 Å². The molecule has 0 aliphatic carbocycles. The third kappa shape index (κ3) is 3.83. The summed E-state index contributed by atoms with van der Waals surface area (Å²) in [5.41, 5.74) is 6.45. The second-order valence-corrected chi connectivity index (χ2v) is 5.91. The van der Waals surface area contributed by atoms with Gasteiger partial charge >= 0.3 is 0 Å². The van der Waals surface area contributed by atoms with Crippen molar-refractivity contribution in [1.82, 2.24) is 4.57 Å². The minimum atomic E-state index is -0.711. The molecule has 5 heteroatoms. The van der Waals surface area contributed by atoms with Crippen LogP contribution >= 0.6 is 0 Å². The lowest BCUT2D eigenvalue weighted by Gasteiger charge is -2.24. The number of carbonyl (C=O) groups excluding carboxylic acids is 1. The topological polar surface area (TPSA) is 77.1 Å². The third-order valence-corrected chi connectivity index (χ3v) is 3.53. The summed E-state index contributed by atoms with van der Waals surface area (Å²) < 4.78 is 1.54. The Morgan fingerprint density at radius 3 is 2.45 bits per heavy atom. The van der Waals surface area contributed by atoms with E-state index in [2.05, 4.69) is 5.32 Å². The number of aromatic nitrogens is 1. The van der Waals surface area contributed by atoms with Crippen LogP contribution in [0.15, 0.2) is 53.5 Å². The minimum Gasteiger partial charge on any atom is -0.326 e. The molecule has 116 valence electrons. The van der Waals surface area contributed by atoms with Crippen molar-refractivity contribution < 1.29 is 4.79 Å². The van der Waals surface area contributed by atoms with Gasteiger partial charge in [-0.3, -0.25) is 9.59 Å². The number of carbonyl (C=O) groups is 1. The van der Waals surface area contributed by atoms with E-state index in [4.69, 9.17) is 5.73 Å². The van der Waals surface area contributed by atoms with E-state index in [9.17, 15) is 9.59 Å². The number of anilines is 1. The predicted octanol–water partition coefficient (Wildman–Crippen LogP) is 1.97. The Balaban J connectivity index is 2.09. The first-order chi connectivity index (χ1) is 10.4. The molecule has 0 saturated carbocycles. The second-order valence-electron chi connectivity index (χ2n) is 5.91. The molecule has 1 heterocycles. The van der Waals surface area contributed by atoms with Crippen LogP contribution < -0.4 is 16.6 Å². The Hall–Kier alpha value is -2.40. The third-order valence-electron chi connectivity index (χ3n) is 3.53.